The van der Waals surface area contributed by atoms with Crippen LogP contribution in [0.4, 0.5) is 0 Å². The number of nitrogens with one attached hydrogen (secondary N) is 1. The summed E-state index contributed by atoms with van der Waals surface area (Å²) in [5.41, 5.74) is 2.76. The van der Waals surface area contributed by atoms with Crippen molar-refractivity contribution in [1.29, 1.82) is 0 Å². The largest absolute Gasteiger partial charge is 0.357 e. The second kappa shape index (κ2) is 13.3. The van der Waals surface area contributed by atoms with Crippen LogP contribution in [0.15, 0.2) is 47.7 Å². The number of nitrogens with zero attached hydrogens (tertiary/aromatic N) is 6. The summed E-state index contributed by atoms with van der Waals surface area (Å²) in [5, 5.41) is 7.85. The van der Waals surface area contributed by atoms with Crippen LogP contribution in [0, 0.1) is 0 Å². The van der Waals surface area contributed by atoms with Gasteiger partial charge in [-0.25, -0.2) is 0 Å². The molecule has 2 aliphatic heterocycles. The van der Waals surface area contributed by atoms with Gasteiger partial charge in [0.1, 0.15) is 0 Å². The number of hydrogen-bond acceptors (Lipinski definition) is 4. The van der Waals surface area contributed by atoms with Gasteiger partial charge in [0, 0.05) is 84.6 Å². The number of hydrogen-bond donors (Lipinski definition) is 1. The zero-order chi connectivity index (χ0) is 22.2. The van der Waals surface area contributed by atoms with E-state index in [4.69, 9.17) is 4.99 Å². The Labute approximate surface area is 216 Å². The van der Waals surface area contributed by atoms with Crippen LogP contribution in [0.3, 0.4) is 0 Å². The van der Waals surface area contributed by atoms with Crippen LogP contribution in [0.1, 0.15) is 36.8 Å². The van der Waals surface area contributed by atoms with E-state index in [0.717, 1.165) is 77.8 Å². The highest BCUT2D eigenvalue weighted by Crippen LogP contribution is 2.26. The van der Waals surface area contributed by atoms with Gasteiger partial charge in [-0.2, -0.15) is 5.10 Å². The van der Waals surface area contributed by atoms with Gasteiger partial charge >= 0.3 is 0 Å². The van der Waals surface area contributed by atoms with E-state index in [-0.39, 0.29) is 24.0 Å². The van der Waals surface area contributed by atoms with Crippen LogP contribution in [-0.4, -0.2) is 89.3 Å². The Kier molecular flexibility index (Phi) is 10.5. The second-order valence-electron chi connectivity index (χ2n) is 9.07. The van der Waals surface area contributed by atoms with Crippen molar-refractivity contribution in [3.8, 4) is 0 Å². The van der Waals surface area contributed by atoms with E-state index in [0.29, 0.717) is 5.92 Å². The fraction of sp³-hybridized carbons (Fsp3) is 0.600. The van der Waals surface area contributed by atoms with E-state index in [1.54, 1.807) is 0 Å². The monoisotopic (exact) mass is 565 g/mol. The lowest BCUT2D eigenvalue weighted by molar-refractivity contribution is 0.127. The molecule has 1 atom stereocenters. The fourth-order valence-electron chi connectivity index (χ4n) is 4.79. The number of benzene rings is 1. The number of aryl methyl sites for hydroxylation is 1. The molecule has 2 aliphatic rings. The van der Waals surface area contributed by atoms with Gasteiger partial charge in [0.05, 0.1) is 6.20 Å². The third-order valence-corrected chi connectivity index (χ3v) is 6.63. The Balaban J connectivity index is 0.00000306. The third-order valence-electron chi connectivity index (χ3n) is 6.63. The highest BCUT2D eigenvalue weighted by molar-refractivity contribution is 14.0. The number of rotatable bonds is 8. The summed E-state index contributed by atoms with van der Waals surface area (Å²) in [7, 11) is 1.99. The minimum atomic E-state index is 0. The van der Waals surface area contributed by atoms with Gasteiger partial charge in [-0.15, -0.1) is 24.0 Å². The van der Waals surface area contributed by atoms with Gasteiger partial charge in [-0.1, -0.05) is 30.3 Å². The first-order chi connectivity index (χ1) is 15.7. The van der Waals surface area contributed by atoms with Crippen LogP contribution < -0.4 is 5.32 Å². The van der Waals surface area contributed by atoms with Crippen molar-refractivity contribution in [2.45, 2.75) is 32.2 Å². The second-order valence-corrected chi connectivity index (χ2v) is 9.07. The van der Waals surface area contributed by atoms with Crippen molar-refractivity contribution in [2.75, 3.05) is 58.9 Å². The molecule has 2 saturated heterocycles. The smallest absolute Gasteiger partial charge is 0.193 e. The Morgan fingerprint density at radius 3 is 2.55 bits per heavy atom. The molecule has 2 fully saturated rings. The van der Waals surface area contributed by atoms with Gasteiger partial charge < -0.3 is 15.1 Å². The summed E-state index contributed by atoms with van der Waals surface area (Å²) in [6, 6.07) is 10.8. The fourth-order valence-corrected chi connectivity index (χ4v) is 4.79. The number of likely N-dealkylation sites (tertiary alicyclic amines) is 1. The Hall–Kier alpha value is -1.65. The van der Waals surface area contributed by atoms with Crippen LogP contribution in [0.5, 0.6) is 0 Å². The molecule has 1 unspecified atom stereocenters. The number of halogens is 1. The van der Waals surface area contributed by atoms with E-state index in [9.17, 15) is 0 Å². The molecule has 0 bridgehead atoms. The molecule has 1 aromatic heterocycles. The first kappa shape index (κ1) is 26.0. The molecule has 7 nitrogen and oxygen atoms in total. The standard InChI is InChI=1S/C25H39N7.HI/c1-3-26-25(32-13-10-23(21-32)24-18-28-29(2)20-24)27-11-7-12-30-14-16-31(17-15-30)19-22-8-5-4-6-9-22;/h4-6,8-9,18,20,23H,3,7,10-17,19,21H2,1-2H3,(H,26,27);1H. The van der Waals surface area contributed by atoms with Crippen molar-refractivity contribution in [1.82, 2.24) is 29.8 Å². The van der Waals surface area contributed by atoms with Gasteiger partial charge in [-0.05, 0) is 30.9 Å². The minimum absolute atomic E-state index is 0. The maximum Gasteiger partial charge on any atom is 0.193 e. The molecule has 182 valence electrons. The number of piperazine rings is 1. The lowest BCUT2D eigenvalue weighted by Gasteiger charge is -2.34. The van der Waals surface area contributed by atoms with E-state index < -0.39 is 0 Å². The Morgan fingerprint density at radius 1 is 1.09 bits per heavy atom. The van der Waals surface area contributed by atoms with E-state index in [1.165, 1.54) is 17.5 Å². The summed E-state index contributed by atoms with van der Waals surface area (Å²) < 4.78 is 1.90. The zero-order valence-corrected chi connectivity index (χ0v) is 22.5. The normalized spacial score (nSPS) is 20.1. The van der Waals surface area contributed by atoms with Crippen molar-refractivity contribution < 1.29 is 0 Å². The van der Waals surface area contributed by atoms with Gasteiger partial charge in [-0.3, -0.25) is 14.6 Å². The van der Waals surface area contributed by atoms with Crippen LogP contribution in [0.2, 0.25) is 0 Å². The molecule has 0 aliphatic carbocycles. The number of guanidine groups is 1. The molecule has 3 heterocycles. The predicted octanol–water partition coefficient (Wildman–Crippen LogP) is 3.00. The average molecular weight is 566 g/mol. The molecule has 0 spiro atoms. The lowest BCUT2D eigenvalue weighted by Crippen LogP contribution is -2.46. The maximum absolute atomic E-state index is 4.96. The number of aromatic nitrogens is 2. The summed E-state index contributed by atoms with van der Waals surface area (Å²) >= 11 is 0. The Bertz CT molecular complexity index is 845. The molecule has 0 amide bonds. The van der Waals surface area contributed by atoms with Crippen LogP contribution in [-0.2, 0) is 13.6 Å². The van der Waals surface area contributed by atoms with E-state index in [2.05, 4.69) is 68.6 Å². The van der Waals surface area contributed by atoms with Crippen LogP contribution >= 0.6 is 24.0 Å². The first-order valence-electron chi connectivity index (χ1n) is 12.2. The molecule has 4 rings (SSSR count). The van der Waals surface area contributed by atoms with Crippen molar-refractivity contribution >= 4 is 29.9 Å². The summed E-state index contributed by atoms with van der Waals surface area (Å²) in [6.07, 6.45) is 6.45. The average Bonchev–Trinajstić information content (AvgIpc) is 3.47. The molecular weight excluding hydrogens is 525 g/mol. The quantitative estimate of drug-likeness (QED) is 0.231. The molecular formula is C25H40IN7. The molecule has 1 N–H and O–H groups in total. The van der Waals surface area contributed by atoms with Crippen molar-refractivity contribution in [2.24, 2.45) is 12.0 Å². The van der Waals surface area contributed by atoms with Crippen LogP contribution in [0.25, 0.3) is 0 Å². The SMILES string of the molecule is CCNC(=NCCCN1CCN(Cc2ccccc2)CC1)N1CCC(c2cnn(C)c2)C1.I. The highest BCUT2D eigenvalue weighted by Gasteiger charge is 2.26. The third kappa shape index (κ3) is 7.68. The zero-order valence-electron chi connectivity index (χ0n) is 20.2. The first-order valence-corrected chi connectivity index (χ1v) is 12.2. The molecule has 0 radical (unpaired) electrons. The predicted molar refractivity (Wildman–Crippen MR) is 146 cm³/mol. The number of aliphatic imine (C=N–C) groups is 1. The molecule has 33 heavy (non-hydrogen) atoms. The van der Waals surface area contributed by atoms with Gasteiger partial charge in [0.15, 0.2) is 5.96 Å². The molecule has 0 saturated carbocycles. The molecule has 1 aromatic carbocycles. The summed E-state index contributed by atoms with van der Waals surface area (Å²) in [6.45, 7) is 12.9. The topological polar surface area (TPSA) is 51.9 Å². The molecule has 8 heteroatoms. The van der Waals surface area contributed by atoms with Gasteiger partial charge in [0.2, 0.25) is 0 Å². The van der Waals surface area contributed by atoms with E-state index in [1.807, 2.05) is 17.9 Å². The summed E-state index contributed by atoms with van der Waals surface area (Å²) in [5.74, 6) is 1.63. The maximum atomic E-state index is 4.96. The van der Waals surface area contributed by atoms with Crippen molar-refractivity contribution in [3.05, 3.63) is 53.9 Å². The van der Waals surface area contributed by atoms with Gasteiger partial charge in [0.25, 0.3) is 0 Å². The van der Waals surface area contributed by atoms with E-state index >= 15 is 0 Å². The molecule has 2 aromatic rings. The lowest BCUT2D eigenvalue weighted by atomic mass is 10.0. The Morgan fingerprint density at radius 2 is 1.85 bits per heavy atom. The van der Waals surface area contributed by atoms with Crippen molar-refractivity contribution in [3.63, 3.8) is 0 Å². The summed E-state index contributed by atoms with van der Waals surface area (Å²) in [4.78, 5) is 12.5. The highest BCUT2D eigenvalue weighted by atomic mass is 127. The minimum Gasteiger partial charge on any atom is -0.357 e.